The monoisotopic (exact) mass is 403 g/mol. The molecule has 0 saturated heterocycles. The first kappa shape index (κ1) is 19.8. The van der Waals surface area contributed by atoms with E-state index in [4.69, 9.17) is 4.98 Å². The van der Waals surface area contributed by atoms with Crippen LogP contribution in [0.25, 0.3) is 21.9 Å². The number of hydrogen-bond donors (Lipinski definition) is 1. The Morgan fingerprint density at radius 1 is 1.07 bits per heavy atom. The molecule has 30 heavy (non-hydrogen) atoms. The average Bonchev–Trinajstić information content (AvgIpc) is 3.06. The van der Waals surface area contributed by atoms with Crippen molar-refractivity contribution in [3.8, 4) is 0 Å². The Morgan fingerprint density at radius 2 is 1.77 bits per heavy atom. The third-order valence-electron chi connectivity index (χ3n) is 5.22. The highest BCUT2D eigenvalue weighted by Crippen LogP contribution is 2.24. The lowest BCUT2D eigenvalue weighted by Crippen LogP contribution is -2.36. The summed E-state index contributed by atoms with van der Waals surface area (Å²) in [7, 11) is 1.96. The van der Waals surface area contributed by atoms with Gasteiger partial charge in [-0.25, -0.2) is 9.97 Å². The molecule has 0 unspecified atom stereocenters. The minimum Gasteiger partial charge on any atom is -0.345 e. The Labute approximate surface area is 174 Å². The summed E-state index contributed by atoms with van der Waals surface area (Å²) in [4.78, 5) is 34.6. The van der Waals surface area contributed by atoms with Gasteiger partial charge in [0.2, 0.25) is 5.91 Å². The Hall–Kier alpha value is -3.48. The third-order valence-corrected chi connectivity index (χ3v) is 5.22. The molecular formula is C23H25N5O2. The maximum absolute atomic E-state index is 12.9. The van der Waals surface area contributed by atoms with Crippen LogP contribution < -0.4 is 10.9 Å². The maximum Gasteiger partial charge on any atom is 0.261 e. The third kappa shape index (κ3) is 3.83. The van der Waals surface area contributed by atoms with Crippen LogP contribution >= 0.6 is 0 Å². The van der Waals surface area contributed by atoms with Gasteiger partial charge in [0.25, 0.3) is 5.56 Å². The number of aryl methyl sites for hydroxylation is 1. The smallest absolute Gasteiger partial charge is 0.261 e. The summed E-state index contributed by atoms with van der Waals surface area (Å²) in [5, 5.41) is 3.58. The summed E-state index contributed by atoms with van der Waals surface area (Å²) < 4.78 is 3.37. The molecule has 7 heteroatoms. The maximum atomic E-state index is 12.9. The van der Waals surface area contributed by atoms with E-state index in [1.54, 1.807) is 18.2 Å². The minimum atomic E-state index is -0.251. The molecule has 1 amide bonds. The van der Waals surface area contributed by atoms with Gasteiger partial charge >= 0.3 is 0 Å². The average molecular weight is 403 g/mol. The van der Waals surface area contributed by atoms with E-state index in [0.29, 0.717) is 16.8 Å². The highest BCUT2D eigenvalue weighted by Gasteiger charge is 2.22. The van der Waals surface area contributed by atoms with Crippen molar-refractivity contribution in [1.82, 2.24) is 24.4 Å². The van der Waals surface area contributed by atoms with Crippen molar-refractivity contribution in [3.63, 3.8) is 0 Å². The molecule has 7 nitrogen and oxygen atoms in total. The topological polar surface area (TPSA) is 81.8 Å². The summed E-state index contributed by atoms with van der Waals surface area (Å²) in [6, 6.07) is 14.8. The minimum absolute atomic E-state index is 0.0881. The standard InChI is InChI=1S/C23H25N5O2/c1-15(2)12-19(22-26-18-10-6-7-11-20(18)27(22)3)25-21(29)13-28-14-24-17-9-5-4-8-16(17)23(28)30/h4-11,14-15,19H,12-13H2,1-3H3,(H,25,29)/t19-/m1/s1. The summed E-state index contributed by atoms with van der Waals surface area (Å²) in [5.41, 5.74) is 2.31. The molecule has 4 aromatic rings. The van der Waals surface area contributed by atoms with E-state index in [2.05, 4.69) is 24.1 Å². The summed E-state index contributed by atoms with van der Waals surface area (Å²) in [6.45, 7) is 4.13. The molecule has 0 aliphatic rings. The van der Waals surface area contributed by atoms with Gasteiger partial charge in [0.1, 0.15) is 12.4 Å². The van der Waals surface area contributed by atoms with Crippen LogP contribution in [0.2, 0.25) is 0 Å². The van der Waals surface area contributed by atoms with Crippen LogP contribution in [0.15, 0.2) is 59.7 Å². The van der Waals surface area contributed by atoms with Crippen LogP contribution in [-0.2, 0) is 18.4 Å². The van der Waals surface area contributed by atoms with E-state index in [-0.39, 0.29) is 24.1 Å². The highest BCUT2D eigenvalue weighted by molar-refractivity contribution is 5.79. The SMILES string of the molecule is CC(C)C[C@@H](NC(=O)Cn1cnc2ccccc2c1=O)c1nc2ccccc2n1C. The lowest BCUT2D eigenvalue weighted by molar-refractivity contribution is -0.122. The van der Waals surface area contributed by atoms with Gasteiger partial charge < -0.3 is 9.88 Å². The number of benzene rings is 2. The zero-order chi connectivity index (χ0) is 21.3. The van der Waals surface area contributed by atoms with E-state index < -0.39 is 0 Å². The molecule has 2 aromatic carbocycles. The van der Waals surface area contributed by atoms with Crippen molar-refractivity contribution in [2.75, 3.05) is 0 Å². The van der Waals surface area contributed by atoms with Crippen molar-refractivity contribution >= 4 is 27.8 Å². The van der Waals surface area contributed by atoms with Crippen LogP contribution in [0.1, 0.15) is 32.1 Å². The van der Waals surface area contributed by atoms with Crippen LogP contribution in [0.3, 0.4) is 0 Å². The number of carbonyl (C=O) groups excluding carboxylic acids is 1. The fourth-order valence-corrected chi connectivity index (χ4v) is 3.79. The molecule has 2 heterocycles. The number of fused-ring (bicyclic) bond motifs is 2. The van der Waals surface area contributed by atoms with Crippen LogP contribution in [0, 0.1) is 5.92 Å². The largest absolute Gasteiger partial charge is 0.345 e. The molecule has 0 aliphatic heterocycles. The van der Waals surface area contributed by atoms with Crippen molar-refractivity contribution in [1.29, 1.82) is 0 Å². The van der Waals surface area contributed by atoms with E-state index in [1.807, 2.05) is 41.9 Å². The van der Waals surface area contributed by atoms with E-state index >= 15 is 0 Å². The molecule has 0 fully saturated rings. The quantitative estimate of drug-likeness (QED) is 0.536. The van der Waals surface area contributed by atoms with Crippen molar-refractivity contribution < 1.29 is 4.79 Å². The number of amides is 1. The first-order chi connectivity index (χ1) is 14.4. The first-order valence-electron chi connectivity index (χ1n) is 10.1. The van der Waals surface area contributed by atoms with Gasteiger partial charge in [0, 0.05) is 7.05 Å². The molecule has 0 saturated carbocycles. The Bertz CT molecular complexity index is 1270. The summed E-state index contributed by atoms with van der Waals surface area (Å²) >= 11 is 0. The number of aromatic nitrogens is 4. The van der Waals surface area contributed by atoms with E-state index in [0.717, 1.165) is 23.3 Å². The van der Waals surface area contributed by atoms with Crippen LogP contribution in [0.5, 0.6) is 0 Å². The van der Waals surface area contributed by atoms with Crippen molar-refractivity contribution in [2.45, 2.75) is 32.9 Å². The predicted molar refractivity (Wildman–Crippen MR) is 117 cm³/mol. The first-order valence-corrected chi connectivity index (χ1v) is 10.1. The number of imidazole rings is 1. The fourth-order valence-electron chi connectivity index (χ4n) is 3.79. The molecule has 2 aromatic heterocycles. The molecule has 4 rings (SSSR count). The number of nitrogens with zero attached hydrogens (tertiary/aromatic N) is 4. The van der Waals surface area contributed by atoms with Gasteiger partial charge in [-0.05, 0) is 36.6 Å². The second-order valence-electron chi connectivity index (χ2n) is 7.96. The van der Waals surface area contributed by atoms with Gasteiger partial charge in [-0.1, -0.05) is 38.1 Å². The van der Waals surface area contributed by atoms with E-state index in [1.165, 1.54) is 10.9 Å². The van der Waals surface area contributed by atoms with Gasteiger partial charge in [0.05, 0.1) is 34.3 Å². The van der Waals surface area contributed by atoms with Gasteiger partial charge in [0.15, 0.2) is 0 Å². The molecule has 0 radical (unpaired) electrons. The summed E-state index contributed by atoms with van der Waals surface area (Å²) in [5.74, 6) is 0.925. The molecule has 0 spiro atoms. The number of rotatable bonds is 6. The van der Waals surface area contributed by atoms with Crippen molar-refractivity contribution in [2.24, 2.45) is 13.0 Å². The van der Waals surface area contributed by atoms with Crippen molar-refractivity contribution in [3.05, 3.63) is 71.0 Å². The van der Waals surface area contributed by atoms with Gasteiger partial charge in [-0.3, -0.25) is 14.2 Å². The van der Waals surface area contributed by atoms with E-state index in [9.17, 15) is 9.59 Å². The predicted octanol–water partition coefficient (Wildman–Crippen LogP) is 3.19. The summed E-state index contributed by atoms with van der Waals surface area (Å²) in [6.07, 6.45) is 2.17. The van der Waals surface area contributed by atoms with Crippen LogP contribution in [-0.4, -0.2) is 25.0 Å². The molecule has 0 aliphatic carbocycles. The lowest BCUT2D eigenvalue weighted by Gasteiger charge is -2.21. The number of nitrogens with one attached hydrogen (secondary N) is 1. The molecular weight excluding hydrogens is 378 g/mol. The van der Waals surface area contributed by atoms with Gasteiger partial charge in [-0.15, -0.1) is 0 Å². The molecule has 1 N–H and O–H groups in total. The number of carbonyl (C=O) groups is 1. The molecule has 154 valence electrons. The van der Waals surface area contributed by atoms with Crippen LogP contribution in [0.4, 0.5) is 0 Å². The number of para-hydroxylation sites is 3. The zero-order valence-electron chi connectivity index (χ0n) is 17.4. The van der Waals surface area contributed by atoms with Gasteiger partial charge in [-0.2, -0.15) is 0 Å². The lowest BCUT2D eigenvalue weighted by atomic mass is 10.0. The second-order valence-corrected chi connectivity index (χ2v) is 7.96. The number of hydrogen-bond acceptors (Lipinski definition) is 4. The zero-order valence-corrected chi connectivity index (χ0v) is 17.4. The Morgan fingerprint density at radius 3 is 2.50 bits per heavy atom. The second kappa shape index (κ2) is 8.10. The fraction of sp³-hybridized carbons (Fsp3) is 0.304. The Kier molecular flexibility index (Phi) is 5.35. The normalized spacial score (nSPS) is 12.5. The Balaban J connectivity index is 1.60. The molecule has 1 atom stereocenters. The highest BCUT2D eigenvalue weighted by atomic mass is 16.2. The molecule has 0 bridgehead atoms.